The smallest absolute Gasteiger partial charge is 0.245 e. The van der Waals surface area contributed by atoms with Crippen LogP contribution < -0.4 is 5.32 Å². The topological polar surface area (TPSA) is 58.6 Å². The molecule has 2 fully saturated rings. The molecule has 1 aliphatic heterocycles. The highest BCUT2D eigenvalue weighted by molar-refractivity contribution is 5.89. The molecular formula is C18H32N2O3. The zero-order valence-electron chi connectivity index (χ0n) is 15.2. The van der Waals surface area contributed by atoms with Gasteiger partial charge in [-0.1, -0.05) is 27.2 Å². The van der Waals surface area contributed by atoms with Gasteiger partial charge in [0.2, 0.25) is 11.8 Å². The van der Waals surface area contributed by atoms with Crippen molar-refractivity contribution < 1.29 is 14.3 Å². The maximum atomic E-state index is 12.9. The zero-order chi connectivity index (χ0) is 17.2. The maximum absolute atomic E-state index is 12.9. The monoisotopic (exact) mass is 324 g/mol. The molecule has 0 unspecified atom stereocenters. The minimum absolute atomic E-state index is 0.0514. The Kier molecular flexibility index (Phi) is 5.71. The average Bonchev–Trinajstić information content (AvgIpc) is 2.75. The van der Waals surface area contributed by atoms with E-state index in [4.69, 9.17) is 4.74 Å². The molecule has 1 aliphatic carbocycles. The first-order valence-corrected chi connectivity index (χ1v) is 9.01. The quantitative estimate of drug-likeness (QED) is 0.865. The van der Waals surface area contributed by atoms with Crippen LogP contribution >= 0.6 is 0 Å². The summed E-state index contributed by atoms with van der Waals surface area (Å²) < 4.78 is 6.13. The van der Waals surface area contributed by atoms with E-state index in [1.807, 2.05) is 27.7 Å². The number of carbonyl (C=O) groups is 2. The van der Waals surface area contributed by atoms with Gasteiger partial charge < -0.3 is 10.1 Å². The van der Waals surface area contributed by atoms with Crippen molar-refractivity contribution in [3.8, 4) is 0 Å². The number of hydrogen-bond acceptors (Lipinski definition) is 3. The molecule has 1 saturated carbocycles. The number of hydrogen-bond donors (Lipinski definition) is 1. The summed E-state index contributed by atoms with van der Waals surface area (Å²) in [6.07, 6.45) is 4.35. The van der Waals surface area contributed by atoms with Gasteiger partial charge in [-0.15, -0.1) is 0 Å². The summed E-state index contributed by atoms with van der Waals surface area (Å²) in [5.41, 5.74) is -0.567. The molecule has 2 amide bonds. The molecule has 1 N–H and O–H groups in total. The Balaban J connectivity index is 2.25. The third-order valence-electron chi connectivity index (χ3n) is 4.78. The molecule has 5 heteroatoms. The van der Waals surface area contributed by atoms with Crippen molar-refractivity contribution in [2.75, 3.05) is 6.61 Å². The number of nitrogens with zero attached hydrogens (tertiary/aromatic N) is 1. The molecule has 23 heavy (non-hydrogen) atoms. The van der Waals surface area contributed by atoms with E-state index in [-0.39, 0.29) is 23.8 Å². The number of amides is 2. The summed E-state index contributed by atoms with van der Waals surface area (Å²) >= 11 is 0. The van der Waals surface area contributed by atoms with Crippen molar-refractivity contribution in [2.45, 2.75) is 84.5 Å². The van der Waals surface area contributed by atoms with Gasteiger partial charge in [0.05, 0.1) is 6.61 Å². The van der Waals surface area contributed by atoms with Gasteiger partial charge in [-0.25, -0.2) is 0 Å². The van der Waals surface area contributed by atoms with Crippen LogP contribution in [-0.4, -0.2) is 41.1 Å². The van der Waals surface area contributed by atoms with Crippen LogP contribution in [0.15, 0.2) is 0 Å². The fraction of sp³-hybridized carbons (Fsp3) is 0.889. The van der Waals surface area contributed by atoms with E-state index in [0.29, 0.717) is 18.9 Å². The lowest BCUT2D eigenvalue weighted by atomic mass is 9.83. The van der Waals surface area contributed by atoms with Crippen LogP contribution in [0.4, 0.5) is 0 Å². The number of rotatable bonds is 4. The largest absolute Gasteiger partial charge is 0.353 e. The number of nitrogens with one attached hydrogen (secondary N) is 1. The highest BCUT2D eigenvalue weighted by Gasteiger charge is 2.53. The van der Waals surface area contributed by atoms with Gasteiger partial charge in [-0.2, -0.15) is 0 Å². The molecule has 1 heterocycles. The van der Waals surface area contributed by atoms with Gasteiger partial charge in [-0.05, 0) is 44.9 Å². The standard InChI is InChI=1S/C18H32N2O3/c1-12(2)9-16(21)20-15(17(22)19-13(3)4)11-23-18(20)8-6-7-14(5)10-18/h12-15H,6-11H2,1-5H3,(H,19,22)/t14-,15+,18+/m1/s1. The van der Waals surface area contributed by atoms with Gasteiger partial charge in [0.25, 0.3) is 0 Å². The predicted octanol–water partition coefficient (Wildman–Crippen LogP) is 2.69. The van der Waals surface area contributed by atoms with Crippen LogP contribution in [0.2, 0.25) is 0 Å². The van der Waals surface area contributed by atoms with E-state index < -0.39 is 11.8 Å². The van der Waals surface area contributed by atoms with E-state index in [1.54, 1.807) is 4.90 Å². The highest BCUT2D eigenvalue weighted by Crippen LogP contribution is 2.43. The van der Waals surface area contributed by atoms with E-state index >= 15 is 0 Å². The van der Waals surface area contributed by atoms with Crippen molar-refractivity contribution in [1.82, 2.24) is 10.2 Å². The second kappa shape index (κ2) is 7.20. The molecule has 132 valence electrons. The molecule has 2 rings (SSSR count). The van der Waals surface area contributed by atoms with Crippen molar-refractivity contribution in [3.05, 3.63) is 0 Å². The van der Waals surface area contributed by atoms with E-state index in [0.717, 1.165) is 19.3 Å². The van der Waals surface area contributed by atoms with Crippen LogP contribution in [0.3, 0.4) is 0 Å². The minimum Gasteiger partial charge on any atom is -0.353 e. The SMILES string of the molecule is CC(C)CC(=O)N1[C@H](C(=O)NC(C)C)CO[C@]12CCC[C@@H](C)C2. The summed E-state index contributed by atoms with van der Waals surface area (Å²) in [5, 5.41) is 2.94. The molecule has 1 spiro atoms. The molecule has 3 atom stereocenters. The van der Waals surface area contributed by atoms with E-state index in [9.17, 15) is 9.59 Å². The Labute approximate surface area is 140 Å². The van der Waals surface area contributed by atoms with Gasteiger partial charge in [0, 0.05) is 12.5 Å². The van der Waals surface area contributed by atoms with Crippen LogP contribution in [0.1, 0.15) is 66.7 Å². The fourth-order valence-corrected chi connectivity index (χ4v) is 3.91. The second-order valence-corrected chi connectivity index (χ2v) is 8.00. The molecule has 0 aromatic rings. The Bertz CT molecular complexity index is 450. The normalized spacial score (nSPS) is 31.2. The molecule has 0 aromatic carbocycles. The third-order valence-corrected chi connectivity index (χ3v) is 4.78. The Morgan fingerprint density at radius 2 is 2.00 bits per heavy atom. The summed E-state index contributed by atoms with van der Waals surface area (Å²) in [7, 11) is 0. The first-order chi connectivity index (χ1) is 10.7. The molecule has 0 bridgehead atoms. The van der Waals surface area contributed by atoms with E-state index in [2.05, 4.69) is 12.2 Å². The summed E-state index contributed by atoms with van der Waals surface area (Å²) in [6.45, 7) is 10.5. The van der Waals surface area contributed by atoms with Crippen LogP contribution in [0, 0.1) is 11.8 Å². The molecule has 5 nitrogen and oxygen atoms in total. The first-order valence-electron chi connectivity index (χ1n) is 9.01. The Morgan fingerprint density at radius 3 is 2.57 bits per heavy atom. The molecule has 1 saturated heterocycles. The van der Waals surface area contributed by atoms with Crippen LogP contribution in [0.5, 0.6) is 0 Å². The van der Waals surface area contributed by atoms with Crippen molar-refractivity contribution in [1.29, 1.82) is 0 Å². The van der Waals surface area contributed by atoms with Crippen molar-refractivity contribution in [3.63, 3.8) is 0 Å². The molecule has 2 aliphatic rings. The van der Waals surface area contributed by atoms with Crippen molar-refractivity contribution in [2.24, 2.45) is 11.8 Å². The molecular weight excluding hydrogens is 292 g/mol. The number of ether oxygens (including phenoxy) is 1. The van der Waals surface area contributed by atoms with E-state index in [1.165, 1.54) is 6.42 Å². The minimum atomic E-state index is -0.567. The van der Waals surface area contributed by atoms with Gasteiger partial charge in [0.1, 0.15) is 11.8 Å². The zero-order valence-corrected chi connectivity index (χ0v) is 15.2. The van der Waals surface area contributed by atoms with Gasteiger partial charge in [-0.3, -0.25) is 14.5 Å². The van der Waals surface area contributed by atoms with Gasteiger partial charge in [0.15, 0.2) is 0 Å². The highest BCUT2D eigenvalue weighted by atomic mass is 16.5. The van der Waals surface area contributed by atoms with Crippen LogP contribution in [-0.2, 0) is 14.3 Å². The van der Waals surface area contributed by atoms with Crippen molar-refractivity contribution >= 4 is 11.8 Å². The summed E-state index contributed by atoms with van der Waals surface area (Å²) in [4.78, 5) is 27.3. The predicted molar refractivity (Wildman–Crippen MR) is 89.7 cm³/mol. The van der Waals surface area contributed by atoms with Crippen LogP contribution in [0.25, 0.3) is 0 Å². The van der Waals surface area contributed by atoms with Gasteiger partial charge >= 0.3 is 0 Å². The molecule has 0 aromatic heterocycles. The lowest BCUT2D eigenvalue weighted by Crippen LogP contribution is -2.57. The first kappa shape index (κ1) is 18.2. The Hall–Kier alpha value is -1.10. The summed E-state index contributed by atoms with van der Waals surface area (Å²) in [6, 6.07) is -0.430. The lowest BCUT2D eigenvalue weighted by Gasteiger charge is -2.43. The molecule has 0 radical (unpaired) electrons. The average molecular weight is 324 g/mol. The fourth-order valence-electron chi connectivity index (χ4n) is 3.91. The number of carbonyl (C=O) groups excluding carboxylic acids is 2. The Morgan fingerprint density at radius 1 is 1.30 bits per heavy atom. The second-order valence-electron chi connectivity index (χ2n) is 8.00. The summed E-state index contributed by atoms with van der Waals surface area (Å²) in [5.74, 6) is 0.752. The lowest BCUT2D eigenvalue weighted by molar-refractivity contribution is -0.163. The maximum Gasteiger partial charge on any atom is 0.245 e. The third kappa shape index (κ3) is 4.06.